The number of aromatic nitrogens is 1. The van der Waals surface area contributed by atoms with E-state index in [0.29, 0.717) is 0 Å². The minimum absolute atomic E-state index is 1.12. The van der Waals surface area contributed by atoms with Crippen LogP contribution in [0.4, 0.5) is 0 Å². The van der Waals surface area contributed by atoms with Crippen molar-refractivity contribution >= 4 is 55.8 Å². The number of nitrogens with one attached hydrogen (secondary N) is 1. The Morgan fingerprint density at radius 3 is 2.43 bits per heavy atom. The van der Waals surface area contributed by atoms with E-state index < -0.39 is 0 Å². The van der Waals surface area contributed by atoms with E-state index in [9.17, 15) is 0 Å². The highest BCUT2D eigenvalue weighted by Gasteiger charge is 2.15. The molecule has 1 heterocycles. The van der Waals surface area contributed by atoms with E-state index in [2.05, 4.69) is 71.3 Å². The standard InChI is InChI=1S/C20H19N.CH3Br/c1-5-9-15-13(4)19-17(10-6-2)21-18-12-8-11-16(20(18)19)14(15)7-3;1-2/h5-12,21H,2-3H2,1,4H3;1H3/b9-5-,17-10+;. The number of aromatic amines is 1. The van der Waals surface area contributed by atoms with Crippen LogP contribution in [0.3, 0.4) is 0 Å². The quantitative estimate of drug-likeness (QED) is 0.546. The highest BCUT2D eigenvalue weighted by atomic mass is 79.9. The first-order chi connectivity index (χ1) is 11.2. The third-order valence-corrected chi connectivity index (χ3v) is 4.03. The van der Waals surface area contributed by atoms with Crippen LogP contribution in [0.1, 0.15) is 23.6 Å². The van der Waals surface area contributed by atoms with Gasteiger partial charge in [-0.2, -0.15) is 0 Å². The van der Waals surface area contributed by atoms with Gasteiger partial charge in [-0.1, -0.05) is 65.5 Å². The molecule has 0 aliphatic rings. The Kier molecular flexibility index (Phi) is 5.62. The van der Waals surface area contributed by atoms with Crippen LogP contribution in [0.25, 0.3) is 39.9 Å². The Labute approximate surface area is 146 Å². The van der Waals surface area contributed by atoms with Crippen LogP contribution in [0.5, 0.6) is 0 Å². The predicted molar refractivity (Wildman–Crippen MR) is 110 cm³/mol. The lowest BCUT2D eigenvalue weighted by Gasteiger charge is -2.12. The summed E-state index contributed by atoms with van der Waals surface area (Å²) in [6.45, 7) is 12.1. The van der Waals surface area contributed by atoms with Crippen LogP contribution in [0.2, 0.25) is 0 Å². The maximum absolute atomic E-state index is 4.02. The summed E-state index contributed by atoms with van der Waals surface area (Å²) in [6, 6.07) is 6.38. The predicted octanol–water partition coefficient (Wildman–Crippen LogP) is 6.00. The molecule has 0 unspecified atom stereocenters. The maximum Gasteiger partial charge on any atom is 0.0471 e. The molecule has 118 valence electrons. The molecule has 0 aliphatic heterocycles. The van der Waals surface area contributed by atoms with Crippen molar-refractivity contribution in [3.63, 3.8) is 0 Å². The SMILES string of the molecule is C=C/C=c1/[nH]c2cccc3c(C=C)c(/C=C\C)c(C)c1c23.CBr. The second kappa shape index (κ2) is 7.47. The van der Waals surface area contributed by atoms with Crippen LogP contribution < -0.4 is 5.35 Å². The summed E-state index contributed by atoms with van der Waals surface area (Å²) in [4.78, 5) is 3.50. The second-order valence-corrected chi connectivity index (χ2v) is 5.20. The molecule has 2 aromatic carbocycles. The molecule has 1 N–H and O–H groups in total. The van der Waals surface area contributed by atoms with Crippen molar-refractivity contribution in [3.8, 4) is 0 Å². The summed E-state index contributed by atoms with van der Waals surface area (Å²) < 4.78 is 0. The van der Waals surface area contributed by atoms with Gasteiger partial charge in [0.1, 0.15) is 0 Å². The maximum atomic E-state index is 4.02. The molecular formula is C21H22BrN. The molecule has 0 atom stereocenters. The molecule has 0 radical (unpaired) electrons. The Balaban J connectivity index is 0.000000924. The van der Waals surface area contributed by atoms with Crippen LogP contribution in [0.15, 0.2) is 43.5 Å². The fourth-order valence-electron chi connectivity index (χ4n) is 3.21. The molecule has 1 aromatic heterocycles. The molecule has 0 fully saturated rings. The molecule has 3 rings (SSSR count). The van der Waals surface area contributed by atoms with E-state index in [1.807, 2.05) is 31.0 Å². The lowest BCUT2D eigenvalue weighted by molar-refractivity contribution is 1.39. The number of alkyl halides is 1. The fraction of sp³-hybridized carbons (Fsp3) is 0.143. The molecule has 0 spiro atoms. The molecule has 0 amide bonds. The van der Waals surface area contributed by atoms with Gasteiger partial charge in [0.05, 0.1) is 0 Å². The van der Waals surface area contributed by atoms with E-state index in [1.54, 1.807) is 0 Å². The van der Waals surface area contributed by atoms with Crippen molar-refractivity contribution in [1.29, 1.82) is 0 Å². The summed E-state index contributed by atoms with van der Waals surface area (Å²) >= 11 is 2.94. The van der Waals surface area contributed by atoms with Gasteiger partial charge in [-0.15, -0.1) is 0 Å². The van der Waals surface area contributed by atoms with Crippen LogP contribution in [0, 0.1) is 6.92 Å². The van der Waals surface area contributed by atoms with E-state index in [1.165, 1.54) is 32.8 Å². The lowest BCUT2D eigenvalue weighted by atomic mass is 9.91. The van der Waals surface area contributed by atoms with Gasteiger partial charge in [0.2, 0.25) is 0 Å². The van der Waals surface area contributed by atoms with Crippen molar-refractivity contribution < 1.29 is 0 Å². The number of halogens is 1. The Hall–Kier alpha value is -2.06. The first-order valence-electron chi connectivity index (χ1n) is 7.55. The van der Waals surface area contributed by atoms with Gasteiger partial charge in [0.25, 0.3) is 0 Å². The number of aryl methyl sites for hydroxylation is 1. The minimum atomic E-state index is 1.12. The first-order valence-corrected chi connectivity index (χ1v) is 9.13. The number of hydrogen-bond donors (Lipinski definition) is 1. The molecule has 23 heavy (non-hydrogen) atoms. The largest absolute Gasteiger partial charge is 0.354 e. The van der Waals surface area contributed by atoms with Gasteiger partial charge in [0, 0.05) is 21.6 Å². The van der Waals surface area contributed by atoms with Crippen LogP contribution in [-0.4, -0.2) is 10.8 Å². The zero-order valence-corrected chi connectivity index (χ0v) is 15.5. The number of allylic oxidation sites excluding steroid dienone is 2. The zero-order chi connectivity index (χ0) is 17.0. The molecule has 1 nitrogen and oxygen atoms in total. The van der Waals surface area contributed by atoms with Gasteiger partial charge >= 0.3 is 0 Å². The van der Waals surface area contributed by atoms with Gasteiger partial charge in [-0.05, 0) is 53.9 Å². The van der Waals surface area contributed by atoms with Crippen molar-refractivity contribution in [2.45, 2.75) is 13.8 Å². The van der Waals surface area contributed by atoms with Gasteiger partial charge in [-0.25, -0.2) is 0 Å². The Bertz CT molecular complexity index is 942. The van der Waals surface area contributed by atoms with Crippen molar-refractivity contribution in [1.82, 2.24) is 4.98 Å². The molecule has 0 aliphatic carbocycles. The second-order valence-electron chi connectivity index (χ2n) is 5.20. The smallest absolute Gasteiger partial charge is 0.0471 e. The summed E-state index contributed by atoms with van der Waals surface area (Å²) in [5.41, 5.74) is 4.88. The highest BCUT2D eigenvalue weighted by Crippen LogP contribution is 2.34. The fourth-order valence-corrected chi connectivity index (χ4v) is 3.21. The summed E-state index contributed by atoms with van der Waals surface area (Å²) in [5, 5.41) is 4.93. The number of rotatable bonds is 3. The Morgan fingerprint density at radius 1 is 1.09 bits per heavy atom. The van der Waals surface area contributed by atoms with Crippen LogP contribution in [-0.2, 0) is 0 Å². The average molecular weight is 368 g/mol. The molecular weight excluding hydrogens is 346 g/mol. The van der Waals surface area contributed by atoms with Gasteiger partial charge < -0.3 is 4.98 Å². The first kappa shape index (κ1) is 17.3. The van der Waals surface area contributed by atoms with E-state index in [0.717, 1.165) is 10.9 Å². The van der Waals surface area contributed by atoms with Crippen molar-refractivity contribution in [2.24, 2.45) is 0 Å². The topological polar surface area (TPSA) is 15.8 Å². The van der Waals surface area contributed by atoms with E-state index >= 15 is 0 Å². The number of hydrogen-bond acceptors (Lipinski definition) is 0. The monoisotopic (exact) mass is 367 g/mol. The normalized spacial score (nSPS) is 11.9. The van der Waals surface area contributed by atoms with Gasteiger partial charge in [-0.3, -0.25) is 0 Å². The van der Waals surface area contributed by atoms with E-state index in [-0.39, 0.29) is 0 Å². The van der Waals surface area contributed by atoms with E-state index in [4.69, 9.17) is 0 Å². The average Bonchev–Trinajstić information content (AvgIpc) is 2.94. The summed E-state index contributed by atoms with van der Waals surface area (Å²) in [7, 11) is 0. The lowest BCUT2D eigenvalue weighted by Crippen LogP contribution is -2.03. The summed E-state index contributed by atoms with van der Waals surface area (Å²) in [6.07, 6.45) is 10.1. The molecule has 3 aromatic rings. The zero-order valence-electron chi connectivity index (χ0n) is 13.9. The third-order valence-electron chi connectivity index (χ3n) is 4.03. The molecule has 2 heteroatoms. The van der Waals surface area contributed by atoms with Crippen molar-refractivity contribution in [3.05, 3.63) is 65.5 Å². The third kappa shape index (κ3) is 2.79. The number of H-pyrrole nitrogens is 1. The van der Waals surface area contributed by atoms with Crippen molar-refractivity contribution in [2.75, 3.05) is 5.83 Å². The molecule has 0 saturated heterocycles. The summed E-state index contributed by atoms with van der Waals surface area (Å²) in [5.74, 6) is 1.81. The Morgan fingerprint density at radius 2 is 1.83 bits per heavy atom. The minimum Gasteiger partial charge on any atom is -0.354 e. The van der Waals surface area contributed by atoms with Gasteiger partial charge in [0.15, 0.2) is 0 Å². The van der Waals surface area contributed by atoms with Crippen LogP contribution >= 0.6 is 15.9 Å². The highest BCUT2D eigenvalue weighted by molar-refractivity contribution is 9.08. The number of benzene rings is 2. The molecule has 0 bridgehead atoms. The molecule has 0 saturated carbocycles.